The van der Waals surface area contributed by atoms with Gasteiger partial charge in [0.25, 0.3) is 0 Å². The number of nitrogens with zero attached hydrogens (tertiary/aromatic N) is 3. The topological polar surface area (TPSA) is 101 Å². The van der Waals surface area contributed by atoms with Gasteiger partial charge in [0.1, 0.15) is 34.8 Å². The van der Waals surface area contributed by atoms with Crippen molar-refractivity contribution in [2.24, 2.45) is 0 Å². The molecule has 1 aliphatic rings. The first-order chi connectivity index (χ1) is 11.6. The Morgan fingerprint density at radius 3 is 2.29 bits per heavy atom. The Labute approximate surface area is 143 Å². The lowest BCUT2D eigenvalue weighted by Crippen LogP contribution is -2.35. The van der Waals surface area contributed by atoms with Crippen LogP contribution in [0.25, 0.3) is 10.4 Å². The summed E-state index contributed by atoms with van der Waals surface area (Å²) >= 11 is 1.45. The first-order valence-corrected chi connectivity index (χ1v) is 8.24. The van der Waals surface area contributed by atoms with Gasteiger partial charge in [-0.05, 0) is 12.1 Å². The third-order valence-electron chi connectivity index (χ3n) is 3.90. The number of thiophene rings is 1. The van der Waals surface area contributed by atoms with Crippen LogP contribution in [0.1, 0.15) is 16.0 Å². The molecule has 2 aromatic rings. The van der Waals surface area contributed by atoms with Gasteiger partial charge < -0.3 is 14.9 Å². The summed E-state index contributed by atoms with van der Waals surface area (Å²) in [5, 5.41) is 38.5. The second kappa shape index (κ2) is 6.90. The number of aromatic hydroxyl groups is 2. The fraction of sp³-hybridized carbons (Fsp3) is 0.294. The molecule has 0 spiro atoms. The van der Waals surface area contributed by atoms with Crippen LogP contribution >= 0.6 is 11.3 Å². The highest BCUT2D eigenvalue weighted by Crippen LogP contribution is 2.41. The molecule has 2 N–H and O–H groups in total. The normalized spacial score (nSPS) is 14.9. The molecule has 3 rings (SSSR count). The van der Waals surface area contributed by atoms with Crippen molar-refractivity contribution in [3.8, 4) is 34.1 Å². The molecule has 7 heteroatoms. The quantitative estimate of drug-likeness (QED) is 0.889. The fourth-order valence-electron chi connectivity index (χ4n) is 2.70. The molecule has 122 valence electrons. The van der Waals surface area contributed by atoms with Crippen LogP contribution in [0.3, 0.4) is 0 Å². The first kappa shape index (κ1) is 16.3. The highest BCUT2D eigenvalue weighted by molar-refractivity contribution is 7.15. The molecule has 0 bridgehead atoms. The molecule has 0 radical (unpaired) electrons. The summed E-state index contributed by atoms with van der Waals surface area (Å²) in [5.41, 5.74) is 0.295. The second-order valence-electron chi connectivity index (χ2n) is 5.42. The number of hydrogen-bond acceptors (Lipinski definition) is 7. The van der Waals surface area contributed by atoms with Crippen molar-refractivity contribution in [3.05, 3.63) is 34.2 Å². The van der Waals surface area contributed by atoms with Crippen molar-refractivity contribution in [3.63, 3.8) is 0 Å². The van der Waals surface area contributed by atoms with Crippen LogP contribution < -0.4 is 0 Å². The molecule has 1 aromatic carbocycles. The lowest BCUT2D eigenvalue weighted by molar-refractivity contribution is 0.0346. The number of phenolic OH excluding ortho intramolecular Hbond substituents is 2. The van der Waals surface area contributed by atoms with E-state index in [9.17, 15) is 20.7 Å². The summed E-state index contributed by atoms with van der Waals surface area (Å²) in [7, 11) is 0. The lowest BCUT2D eigenvalue weighted by atomic mass is 9.99. The summed E-state index contributed by atoms with van der Waals surface area (Å²) in [6.45, 7) is 3.94. The Bertz CT molecular complexity index is 804. The maximum Gasteiger partial charge on any atom is 0.137 e. The monoisotopic (exact) mass is 341 g/mol. The van der Waals surface area contributed by atoms with E-state index in [1.54, 1.807) is 0 Å². The van der Waals surface area contributed by atoms with Crippen LogP contribution in [0.15, 0.2) is 18.2 Å². The van der Waals surface area contributed by atoms with E-state index in [0.717, 1.165) is 43.8 Å². The molecule has 2 heterocycles. The number of morpholine rings is 1. The summed E-state index contributed by atoms with van der Waals surface area (Å²) in [4.78, 5) is 4.04. The number of nitriles is 2. The fourth-order valence-corrected chi connectivity index (χ4v) is 3.81. The largest absolute Gasteiger partial charge is 0.506 e. The highest BCUT2D eigenvalue weighted by Gasteiger charge is 2.21. The Morgan fingerprint density at radius 2 is 1.71 bits per heavy atom. The Kier molecular flexibility index (Phi) is 4.68. The summed E-state index contributed by atoms with van der Waals surface area (Å²) < 4.78 is 5.33. The molecule has 0 unspecified atom stereocenters. The molecule has 6 nitrogen and oxygen atoms in total. The van der Waals surface area contributed by atoms with E-state index in [2.05, 4.69) is 4.90 Å². The Balaban J connectivity index is 1.98. The zero-order chi connectivity index (χ0) is 17.1. The second-order valence-corrected chi connectivity index (χ2v) is 6.59. The van der Waals surface area contributed by atoms with Crippen molar-refractivity contribution in [2.45, 2.75) is 6.54 Å². The van der Waals surface area contributed by atoms with E-state index >= 15 is 0 Å². The molecule has 1 fully saturated rings. The van der Waals surface area contributed by atoms with Crippen molar-refractivity contribution in [2.75, 3.05) is 26.3 Å². The minimum Gasteiger partial charge on any atom is -0.506 e. The maximum atomic E-state index is 9.91. The van der Waals surface area contributed by atoms with E-state index in [1.807, 2.05) is 24.3 Å². The predicted octanol–water partition coefficient (Wildman–Crippen LogP) is 2.40. The van der Waals surface area contributed by atoms with E-state index in [1.165, 1.54) is 11.3 Å². The molecule has 1 aliphatic heterocycles. The van der Waals surface area contributed by atoms with Gasteiger partial charge in [-0.1, -0.05) is 0 Å². The van der Waals surface area contributed by atoms with E-state index in [4.69, 9.17) is 4.74 Å². The van der Waals surface area contributed by atoms with E-state index in [-0.39, 0.29) is 28.2 Å². The van der Waals surface area contributed by atoms with Gasteiger partial charge in [-0.15, -0.1) is 11.3 Å². The molecule has 24 heavy (non-hydrogen) atoms. The van der Waals surface area contributed by atoms with Crippen LogP contribution in [0.2, 0.25) is 0 Å². The Hall–Kier alpha value is -2.58. The van der Waals surface area contributed by atoms with Gasteiger partial charge in [0.15, 0.2) is 0 Å². The molecule has 0 amide bonds. The average molecular weight is 341 g/mol. The number of benzene rings is 1. The van der Waals surface area contributed by atoms with Gasteiger partial charge in [-0.2, -0.15) is 10.5 Å². The highest BCUT2D eigenvalue weighted by atomic mass is 32.1. The average Bonchev–Trinajstić information content (AvgIpc) is 3.03. The van der Waals surface area contributed by atoms with Gasteiger partial charge >= 0.3 is 0 Å². The van der Waals surface area contributed by atoms with Crippen molar-refractivity contribution >= 4 is 11.3 Å². The number of phenols is 2. The molecular weight excluding hydrogens is 326 g/mol. The molecule has 0 saturated carbocycles. The van der Waals surface area contributed by atoms with E-state index < -0.39 is 0 Å². The predicted molar refractivity (Wildman–Crippen MR) is 88.6 cm³/mol. The summed E-state index contributed by atoms with van der Waals surface area (Å²) in [6, 6.07) is 8.63. The Morgan fingerprint density at radius 1 is 1.08 bits per heavy atom. The van der Waals surface area contributed by atoms with Crippen LogP contribution in [-0.4, -0.2) is 41.4 Å². The van der Waals surface area contributed by atoms with Gasteiger partial charge in [-0.3, -0.25) is 4.90 Å². The third kappa shape index (κ3) is 3.06. The maximum absolute atomic E-state index is 9.91. The standard InChI is InChI=1S/C17H15N3O3S/c18-8-12-14(21)7-15(22)13(9-19)17(12)16-2-1-11(24-16)10-20-3-5-23-6-4-20/h1-2,7,21-22H,3-6,10H2. The zero-order valence-electron chi connectivity index (χ0n) is 12.8. The lowest BCUT2D eigenvalue weighted by Gasteiger charge is -2.25. The molecule has 0 aliphatic carbocycles. The molecule has 1 saturated heterocycles. The van der Waals surface area contributed by atoms with Gasteiger partial charge in [0, 0.05) is 41.0 Å². The number of ether oxygens (including phenoxy) is 1. The van der Waals surface area contributed by atoms with Crippen LogP contribution in [0.4, 0.5) is 0 Å². The smallest absolute Gasteiger partial charge is 0.137 e. The van der Waals surface area contributed by atoms with Crippen LogP contribution in [0, 0.1) is 22.7 Å². The van der Waals surface area contributed by atoms with Crippen molar-refractivity contribution in [1.29, 1.82) is 10.5 Å². The summed E-state index contributed by atoms with van der Waals surface area (Å²) in [5.74, 6) is -0.653. The van der Waals surface area contributed by atoms with Crippen molar-refractivity contribution in [1.82, 2.24) is 4.90 Å². The van der Waals surface area contributed by atoms with Gasteiger partial charge in [0.2, 0.25) is 0 Å². The molecule has 0 atom stereocenters. The zero-order valence-corrected chi connectivity index (χ0v) is 13.6. The third-order valence-corrected chi connectivity index (χ3v) is 4.99. The van der Waals surface area contributed by atoms with Crippen molar-refractivity contribution < 1.29 is 14.9 Å². The number of rotatable bonds is 3. The first-order valence-electron chi connectivity index (χ1n) is 7.42. The van der Waals surface area contributed by atoms with Crippen LogP contribution in [0.5, 0.6) is 11.5 Å². The number of hydrogen-bond donors (Lipinski definition) is 2. The minimum absolute atomic E-state index is 0.00382. The van der Waals surface area contributed by atoms with Gasteiger partial charge in [-0.25, -0.2) is 0 Å². The molecule has 1 aromatic heterocycles. The molecular formula is C17H15N3O3S. The van der Waals surface area contributed by atoms with Crippen LogP contribution in [-0.2, 0) is 11.3 Å². The minimum atomic E-state index is -0.327. The summed E-state index contributed by atoms with van der Waals surface area (Å²) in [6.07, 6.45) is 0. The van der Waals surface area contributed by atoms with Gasteiger partial charge in [0.05, 0.1) is 13.2 Å². The van der Waals surface area contributed by atoms with E-state index in [0.29, 0.717) is 4.88 Å². The SMILES string of the molecule is N#Cc1c(O)cc(O)c(C#N)c1-c1ccc(CN2CCOCC2)s1.